The Balaban J connectivity index is 1.95. The van der Waals surface area contributed by atoms with Gasteiger partial charge >= 0.3 is 12.4 Å². The van der Waals surface area contributed by atoms with Crippen LogP contribution in [-0.4, -0.2) is 23.5 Å². The third kappa shape index (κ3) is 4.61. The van der Waals surface area contributed by atoms with E-state index in [0.717, 1.165) is 12.0 Å². The molecular formula is C21H23F3N4O2. The van der Waals surface area contributed by atoms with E-state index in [1.165, 1.54) is 18.2 Å². The fraction of sp³-hybridized carbons (Fsp3) is 0.286. The molecule has 3 rings (SSSR count). The van der Waals surface area contributed by atoms with Crippen molar-refractivity contribution < 1.29 is 22.7 Å². The lowest BCUT2D eigenvalue weighted by atomic mass is 10.1. The molecule has 0 radical (unpaired) electrons. The Morgan fingerprint density at radius 3 is 2.43 bits per heavy atom. The van der Waals surface area contributed by atoms with Crippen LogP contribution in [0.15, 0.2) is 42.5 Å². The monoisotopic (exact) mass is 420 g/mol. The number of anilines is 2. The van der Waals surface area contributed by atoms with Crippen LogP contribution in [0.4, 0.5) is 29.3 Å². The summed E-state index contributed by atoms with van der Waals surface area (Å²) in [5.41, 5.74) is 9.44. The third-order valence-electron chi connectivity index (χ3n) is 4.58. The van der Waals surface area contributed by atoms with Crippen molar-refractivity contribution in [1.82, 2.24) is 9.88 Å². The Morgan fingerprint density at radius 2 is 1.83 bits per heavy atom. The Hall–Kier alpha value is -3.36. The van der Waals surface area contributed by atoms with Crippen LogP contribution < -0.4 is 21.1 Å². The number of halogens is 3. The molecule has 0 fully saturated rings. The quantitative estimate of drug-likeness (QED) is 0.503. The fourth-order valence-corrected chi connectivity index (χ4v) is 3.32. The van der Waals surface area contributed by atoms with Gasteiger partial charge in [0.2, 0.25) is 0 Å². The van der Waals surface area contributed by atoms with Gasteiger partial charge in [-0.1, -0.05) is 19.1 Å². The molecule has 0 saturated heterocycles. The number of nitrogens with two attached hydrogens (primary N) is 1. The highest BCUT2D eigenvalue weighted by Gasteiger charge is 2.31. The van der Waals surface area contributed by atoms with Gasteiger partial charge in [-0.2, -0.15) is 0 Å². The molecule has 0 unspecified atom stereocenters. The summed E-state index contributed by atoms with van der Waals surface area (Å²) in [5.74, 6) is -0.300. The van der Waals surface area contributed by atoms with Gasteiger partial charge in [0.25, 0.3) is 0 Å². The van der Waals surface area contributed by atoms with Crippen LogP contribution in [0.2, 0.25) is 0 Å². The number of alkyl halides is 3. The van der Waals surface area contributed by atoms with E-state index in [0.29, 0.717) is 41.1 Å². The average molecular weight is 420 g/mol. The molecule has 30 heavy (non-hydrogen) atoms. The SMILES string of the molecule is CCCNC(=O)Nc1ccc(-c2c(N)c3ccc(OC(F)(F)F)cc3n2CC)cc1. The first kappa shape index (κ1) is 21.4. The summed E-state index contributed by atoms with van der Waals surface area (Å²) < 4.78 is 43.6. The van der Waals surface area contributed by atoms with Gasteiger partial charge in [0.1, 0.15) is 5.75 Å². The average Bonchev–Trinajstić information content (AvgIpc) is 2.97. The maximum Gasteiger partial charge on any atom is 0.573 e. The smallest absolute Gasteiger partial charge is 0.406 e. The van der Waals surface area contributed by atoms with Crippen molar-refractivity contribution >= 4 is 28.3 Å². The fourth-order valence-electron chi connectivity index (χ4n) is 3.32. The Morgan fingerprint density at radius 1 is 1.13 bits per heavy atom. The number of benzene rings is 2. The van der Waals surface area contributed by atoms with Gasteiger partial charge < -0.3 is 25.7 Å². The Bertz CT molecular complexity index is 1040. The van der Waals surface area contributed by atoms with Crippen LogP contribution >= 0.6 is 0 Å². The molecule has 2 aromatic carbocycles. The second kappa shape index (κ2) is 8.56. The largest absolute Gasteiger partial charge is 0.573 e. The molecule has 0 aliphatic heterocycles. The zero-order valence-electron chi connectivity index (χ0n) is 16.6. The van der Waals surface area contributed by atoms with Gasteiger partial charge in [-0.05, 0) is 37.6 Å². The number of nitrogens with zero attached hydrogens (tertiary/aromatic N) is 1. The maximum atomic E-state index is 12.6. The maximum absolute atomic E-state index is 12.6. The molecule has 0 saturated carbocycles. The Kier molecular flexibility index (Phi) is 6.09. The van der Waals surface area contributed by atoms with E-state index in [4.69, 9.17) is 5.73 Å². The first-order valence-electron chi connectivity index (χ1n) is 9.56. The predicted molar refractivity (Wildman–Crippen MR) is 111 cm³/mol. The Labute approximate surface area is 171 Å². The first-order chi connectivity index (χ1) is 14.2. The van der Waals surface area contributed by atoms with Crippen LogP contribution in [0.5, 0.6) is 5.75 Å². The van der Waals surface area contributed by atoms with E-state index in [1.54, 1.807) is 24.3 Å². The van der Waals surface area contributed by atoms with E-state index in [9.17, 15) is 18.0 Å². The predicted octanol–water partition coefficient (Wildman–Crippen LogP) is 5.34. The van der Waals surface area contributed by atoms with Crippen molar-refractivity contribution in [3.05, 3.63) is 42.5 Å². The van der Waals surface area contributed by atoms with Gasteiger partial charge in [0.05, 0.1) is 16.9 Å². The minimum absolute atomic E-state index is 0.288. The number of ether oxygens (including phenoxy) is 1. The van der Waals surface area contributed by atoms with Gasteiger partial charge in [0.15, 0.2) is 0 Å². The number of carbonyl (C=O) groups excluding carboxylic acids is 1. The molecule has 4 N–H and O–H groups in total. The summed E-state index contributed by atoms with van der Waals surface area (Å²) in [6, 6.07) is 10.9. The van der Waals surface area contributed by atoms with E-state index < -0.39 is 6.36 Å². The van der Waals surface area contributed by atoms with Gasteiger partial charge in [-0.25, -0.2) is 4.79 Å². The molecule has 1 heterocycles. The molecule has 9 heteroatoms. The lowest BCUT2D eigenvalue weighted by Crippen LogP contribution is -2.29. The molecule has 0 bridgehead atoms. The van der Waals surface area contributed by atoms with Crippen molar-refractivity contribution in [2.24, 2.45) is 0 Å². The summed E-state index contributed by atoms with van der Waals surface area (Å²) in [4.78, 5) is 11.8. The topological polar surface area (TPSA) is 81.3 Å². The summed E-state index contributed by atoms with van der Waals surface area (Å²) in [7, 11) is 0. The molecule has 2 amide bonds. The number of amides is 2. The molecule has 3 aromatic rings. The molecule has 6 nitrogen and oxygen atoms in total. The number of nitrogen functional groups attached to an aromatic ring is 1. The second-order valence-electron chi connectivity index (χ2n) is 6.69. The lowest BCUT2D eigenvalue weighted by Gasteiger charge is -2.12. The first-order valence-corrected chi connectivity index (χ1v) is 9.56. The second-order valence-corrected chi connectivity index (χ2v) is 6.69. The van der Waals surface area contributed by atoms with Crippen LogP contribution in [0.25, 0.3) is 22.2 Å². The number of fused-ring (bicyclic) bond motifs is 1. The number of nitrogens with one attached hydrogen (secondary N) is 2. The lowest BCUT2D eigenvalue weighted by molar-refractivity contribution is -0.274. The van der Waals surface area contributed by atoms with Crippen LogP contribution in [0.1, 0.15) is 20.3 Å². The molecule has 160 valence electrons. The summed E-state index contributed by atoms with van der Waals surface area (Å²) in [5, 5.41) is 6.11. The normalized spacial score (nSPS) is 11.5. The van der Waals surface area contributed by atoms with Crippen molar-refractivity contribution in [1.29, 1.82) is 0 Å². The van der Waals surface area contributed by atoms with Gasteiger partial charge in [-0.3, -0.25) is 0 Å². The van der Waals surface area contributed by atoms with Crippen molar-refractivity contribution in [2.45, 2.75) is 33.2 Å². The van der Waals surface area contributed by atoms with Crippen molar-refractivity contribution in [3.63, 3.8) is 0 Å². The van der Waals surface area contributed by atoms with Crippen LogP contribution in [0, 0.1) is 0 Å². The highest BCUT2D eigenvalue weighted by molar-refractivity contribution is 6.01. The molecular weight excluding hydrogens is 397 g/mol. The number of urea groups is 1. The third-order valence-corrected chi connectivity index (χ3v) is 4.58. The molecule has 0 aliphatic carbocycles. The number of hydrogen-bond donors (Lipinski definition) is 3. The van der Waals surface area contributed by atoms with E-state index in [2.05, 4.69) is 15.4 Å². The summed E-state index contributed by atoms with van der Waals surface area (Å²) in [6.07, 6.45) is -3.93. The molecule has 0 spiro atoms. The summed E-state index contributed by atoms with van der Waals surface area (Å²) in [6.45, 7) is 4.92. The van der Waals surface area contributed by atoms with E-state index >= 15 is 0 Å². The number of carbonyl (C=O) groups is 1. The standard InChI is InChI=1S/C21H23F3N4O2/c1-3-11-26-20(29)27-14-7-5-13(6-8-14)19-18(25)16-10-9-15(30-21(22,23)24)12-17(16)28(19)4-2/h5-10,12H,3-4,11,25H2,1-2H3,(H2,26,27,29). The van der Waals surface area contributed by atoms with Gasteiger partial charge in [-0.15, -0.1) is 13.2 Å². The van der Waals surface area contributed by atoms with E-state index in [1.807, 2.05) is 18.4 Å². The highest BCUT2D eigenvalue weighted by Crippen LogP contribution is 2.38. The number of hydrogen-bond acceptors (Lipinski definition) is 3. The number of aromatic nitrogens is 1. The molecule has 0 atom stereocenters. The molecule has 1 aromatic heterocycles. The minimum atomic E-state index is -4.77. The van der Waals surface area contributed by atoms with Crippen LogP contribution in [0.3, 0.4) is 0 Å². The number of aryl methyl sites for hydroxylation is 1. The van der Waals surface area contributed by atoms with E-state index in [-0.39, 0.29) is 11.8 Å². The zero-order chi connectivity index (χ0) is 21.9. The van der Waals surface area contributed by atoms with Gasteiger partial charge in [0, 0.05) is 35.8 Å². The van der Waals surface area contributed by atoms with Crippen molar-refractivity contribution in [2.75, 3.05) is 17.6 Å². The van der Waals surface area contributed by atoms with Crippen LogP contribution in [-0.2, 0) is 6.54 Å². The van der Waals surface area contributed by atoms with Crippen molar-refractivity contribution in [3.8, 4) is 17.0 Å². The summed E-state index contributed by atoms with van der Waals surface area (Å²) >= 11 is 0. The zero-order valence-corrected chi connectivity index (χ0v) is 16.6. The molecule has 0 aliphatic rings. The minimum Gasteiger partial charge on any atom is -0.406 e. The highest BCUT2D eigenvalue weighted by atomic mass is 19.4. The number of rotatable bonds is 6.